The van der Waals surface area contributed by atoms with Crippen molar-refractivity contribution >= 4 is 24.2 Å². The zero-order valence-corrected chi connectivity index (χ0v) is 20.2. The van der Waals surface area contributed by atoms with E-state index < -0.39 is 13.9 Å². The third kappa shape index (κ3) is 5.57. The van der Waals surface area contributed by atoms with Crippen molar-refractivity contribution < 1.29 is 19.0 Å². The highest BCUT2D eigenvalue weighted by atomic mass is 79.9. The number of halogens is 1. The first-order chi connectivity index (χ1) is 12.5. The molecule has 0 saturated heterocycles. The molecule has 0 spiro atoms. The Morgan fingerprint density at radius 1 is 1.26 bits per heavy atom. The lowest BCUT2D eigenvalue weighted by Crippen LogP contribution is -2.41. The van der Waals surface area contributed by atoms with Crippen molar-refractivity contribution in [3.05, 3.63) is 27.7 Å². The molecule has 0 aromatic heterocycles. The number of hydrogen-bond acceptors (Lipinski definition) is 4. The van der Waals surface area contributed by atoms with Gasteiger partial charge in [-0.3, -0.25) is 0 Å². The molecule has 1 N–H and O–H groups in total. The monoisotopic (exact) mass is 458 g/mol. The van der Waals surface area contributed by atoms with Crippen LogP contribution in [-0.4, -0.2) is 33.9 Å². The standard InChI is InChI=1S/C21H35BrO4Si/c1-20(2,3)27(5,6)26-12-8-11-21(23)10-7-9-16-13-17(25-15-24-4)14-18(22)19(16)21/h13-14,23H,7-12,15H2,1-6H3. The van der Waals surface area contributed by atoms with Gasteiger partial charge in [-0.25, -0.2) is 0 Å². The zero-order chi connectivity index (χ0) is 20.3. The summed E-state index contributed by atoms with van der Waals surface area (Å²) in [4.78, 5) is 0. The topological polar surface area (TPSA) is 47.9 Å². The molecule has 1 aliphatic rings. The number of aliphatic hydroxyl groups is 1. The predicted octanol–water partition coefficient (Wildman–Crippen LogP) is 5.76. The largest absolute Gasteiger partial charge is 0.468 e. The second-order valence-electron chi connectivity index (χ2n) is 9.09. The Balaban J connectivity index is 2.07. The van der Waals surface area contributed by atoms with Gasteiger partial charge in [-0.2, -0.15) is 0 Å². The van der Waals surface area contributed by atoms with Crippen LogP contribution in [0.4, 0.5) is 0 Å². The molecule has 0 heterocycles. The molecule has 154 valence electrons. The number of hydrogen-bond donors (Lipinski definition) is 1. The summed E-state index contributed by atoms with van der Waals surface area (Å²) < 4.78 is 17.8. The van der Waals surface area contributed by atoms with Gasteiger partial charge in [0.15, 0.2) is 15.1 Å². The highest BCUT2D eigenvalue weighted by Crippen LogP contribution is 2.44. The minimum Gasteiger partial charge on any atom is -0.468 e. The average Bonchev–Trinajstić information content (AvgIpc) is 2.55. The fourth-order valence-electron chi connectivity index (χ4n) is 3.42. The summed E-state index contributed by atoms with van der Waals surface area (Å²) in [5.74, 6) is 0.771. The average molecular weight is 459 g/mol. The normalized spacial score (nSPS) is 20.4. The van der Waals surface area contributed by atoms with Crippen LogP contribution in [0.15, 0.2) is 16.6 Å². The van der Waals surface area contributed by atoms with Gasteiger partial charge >= 0.3 is 0 Å². The molecule has 1 aromatic carbocycles. The van der Waals surface area contributed by atoms with Gasteiger partial charge in [0.05, 0.1) is 5.60 Å². The van der Waals surface area contributed by atoms with Gasteiger partial charge < -0.3 is 19.0 Å². The maximum absolute atomic E-state index is 11.4. The Morgan fingerprint density at radius 3 is 2.59 bits per heavy atom. The SMILES string of the molecule is COCOc1cc(Br)c2c(c1)CCCC2(O)CCCO[Si](C)(C)C(C)(C)C. The fraction of sp³-hybridized carbons (Fsp3) is 0.714. The lowest BCUT2D eigenvalue weighted by Gasteiger charge is -2.38. The van der Waals surface area contributed by atoms with Crippen LogP contribution in [0.2, 0.25) is 18.1 Å². The minimum absolute atomic E-state index is 0.211. The Hall–Kier alpha value is -0.403. The Labute approximate surface area is 173 Å². The van der Waals surface area contributed by atoms with E-state index in [2.05, 4.69) is 49.8 Å². The molecule has 0 fully saturated rings. The Kier molecular flexibility index (Phi) is 7.58. The summed E-state index contributed by atoms with van der Waals surface area (Å²) in [7, 11) is -0.129. The van der Waals surface area contributed by atoms with E-state index in [4.69, 9.17) is 13.9 Å². The Morgan fingerprint density at radius 2 is 1.96 bits per heavy atom. The quantitative estimate of drug-likeness (QED) is 0.305. The van der Waals surface area contributed by atoms with Gasteiger partial charge in [0.25, 0.3) is 0 Å². The van der Waals surface area contributed by atoms with Crippen LogP contribution in [0, 0.1) is 0 Å². The van der Waals surface area contributed by atoms with Gasteiger partial charge in [-0.05, 0) is 67.9 Å². The second kappa shape index (κ2) is 8.95. The zero-order valence-electron chi connectivity index (χ0n) is 17.7. The van der Waals surface area contributed by atoms with Crippen molar-refractivity contribution in [3.8, 4) is 5.75 Å². The molecule has 0 radical (unpaired) electrons. The van der Waals surface area contributed by atoms with Crippen LogP contribution in [-0.2, 0) is 21.2 Å². The number of methoxy groups -OCH3 is 1. The highest BCUT2D eigenvalue weighted by Gasteiger charge is 2.38. The molecule has 0 aliphatic heterocycles. The molecule has 0 saturated carbocycles. The van der Waals surface area contributed by atoms with Gasteiger partial charge in [-0.15, -0.1) is 0 Å². The van der Waals surface area contributed by atoms with Crippen molar-refractivity contribution in [1.29, 1.82) is 0 Å². The number of aryl methyl sites for hydroxylation is 1. The lowest BCUT2D eigenvalue weighted by atomic mass is 9.76. The van der Waals surface area contributed by atoms with Gasteiger partial charge in [0.1, 0.15) is 5.75 Å². The maximum Gasteiger partial charge on any atom is 0.191 e. The highest BCUT2D eigenvalue weighted by molar-refractivity contribution is 9.10. The molecule has 1 atom stereocenters. The summed E-state index contributed by atoms with van der Waals surface area (Å²) in [5.41, 5.74) is 1.38. The van der Waals surface area contributed by atoms with Crippen LogP contribution in [0.25, 0.3) is 0 Å². The van der Waals surface area contributed by atoms with Crippen LogP contribution in [0.3, 0.4) is 0 Å². The summed E-state index contributed by atoms with van der Waals surface area (Å²) in [6, 6.07) is 3.97. The first-order valence-corrected chi connectivity index (χ1v) is 13.5. The van der Waals surface area contributed by atoms with E-state index in [-0.39, 0.29) is 11.8 Å². The van der Waals surface area contributed by atoms with Crippen molar-refractivity contribution in [2.75, 3.05) is 20.5 Å². The van der Waals surface area contributed by atoms with Crippen molar-refractivity contribution in [2.24, 2.45) is 0 Å². The van der Waals surface area contributed by atoms with Crippen molar-refractivity contribution in [1.82, 2.24) is 0 Å². The Bertz CT molecular complexity index is 642. The van der Waals surface area contributed by atoms with Crippen molar-refractivity contribution in [2.45, 2.75) is 76.6 Å². The van der Waals surface area contributed by atoms with E-state index in [1.54, 1.807) is 7.11 Å². The number of benzene rings is 1. The molecule has 1 aliphatic carbocycles. The maximum atomic E-state index is 11.4. The van der Waals surface area contributed by atoms with Gasteiger partial charge in [-0.1, -0.05) is 36.7 Å². The van der Waals surface area contributed by atoms with Crippen LogP contribution in [0.5, 0.6) is 5.75 Å². The molecular weight excluding hydrogens is 424 g/mol. The number of rotatable bonds is 8. The first kappa shape index (κ1) is 22.9. The molecule has 27 heavy (non-hydrogen) atoms. The molecule has 1 aromatic rings. The number of ether oxygens (including phenoxy) is 2. The van der Waals surface area contributed by atoms with E-state index in [1.165, 1.54) is 0 Å². The van der Waals surface area contributed by atoms with Crippen molar-refractivity contribution in [3.63, 3.8) is 0 Å². The molecule has 2 rings (SSSR count). The van der Waals surface area contributed by atoms with E-state index in [1.807, 2.05) is 12.1 Å². The summed E-state index contributed by atoms with van der Waals surface area (Å²) >= 11 is 3.66. The lowest BCUT2D eigenvalue weighted by molar-refractivity contribution is 0.00371. The summed E-state index contributed by atoms with van der Waals surface area (Å²) in [5, 5.41) is 11.6. The van der Waals surface area contributed by atoms with Gasteiger partial charge in [0.2, 0.25) is 0 Å². The molecular formula is C21H35BrO4Si. The van der Waals surface area contributed by atoms with Crippen LogP contribution < -0.4 is 4.74 Å². The van der Waals surface area contributed by atoms with Crippen LogP contribution >= 0.6 is 15.9 Å². The van der Waals surface area contributed by atoms with E-state index in [0.717, 1.165) is 47.0 Å². The third-order valence-electron chi connectivity index (χ3n) is 5.99. The first-order valence-electron chi connectivity index (χ1n) is 9.81. The smallest absolute Gasteiger partial charge is 0.191 e. The fourth-order valence-corrected chi connectivity index (χ4v) is 5.36. The van der Waals surface area contributed by atoms with E-state index in [9.17, 15) is 5.11 Å². The van der Waals surface area contributed by atoms with E-state index in [0.29, 0.717) is 13.0 Å². The molecule has 0 amide bonds. The second-order valence-corrected chi connectivity index (χ2v) is 14.8. The van der Waals surface area contributed by atoms with Crippen LogP contribution in [0.1, 0.15) is 57.6 Å². The predicted molar refractivity (Wildman–Crippen MR) is 116 cm³/mol. The summed E-state index contributed by atoms with van der Waals surface area (Å²) in [6.45, 7) is 12.2. The van der Waals surface area contributed by atoms with Gasteiger partial charge in [0, 0.05) is 23.8 Å². The summed E-state index contributed by atoms with van der Waals surface area (Å²) in [6.07, 6.45) is 4.30. The molecule has 0 bridgehead atoms. The minimum atomic E-state index is -1.74. The molecule has 1 unspecified atom stereocenters. The third-order valence-corrected chi connectivity index (χ3v) is 11.2. The molecule has 4 nitrogen and oxygen atoms in total. The number of fused-ring (bicyclic) bond motifs is 1. The van der Waals surface area contributed by atoms with E-state index >= 15 is 0 Å². The molecule has 6 heteroatoms.